The minimum absolute atomic E-state index is 0.226. The highest BCUT2D eigenvalue weighted by molar-refractivity contribution is 7.09. The molecule has 5 rings (SSSR count). The van der Waals surface area contributed by atoms with E-state index in [1.54, 1.807) is 22.8 Å². The number of rotatable bonds is 5. The number of benzene rings is 1. The van der Waals surface area contributed by atoms with Crippen molar-refractivity contribution in [1.82, 2.24) is 24.0 Å². The van der Waals surface area contributed by atoms with E-state index < -0.39 is 12.0 Å². The van der Waals surface area contributed by atoms with Crippen molar-refractivity contribution in [2.45, 2.75) is 32.0 Å². The normalized spacial score (nSPS) is 16.0. The number of aromatic nitrogens is 5. The standard InChI is InChI=1S/C21H21F2N7S/c1-13-24-21(31-28-13)29-11-8-16(9-12-29)25-20-26-19-17(3-2-10-30(19)27-20)18(23)14-4-6-15(22)7-5-14/h2-7,10,16,18H,8-9,11-12H2,1H3,(H,25,27). The first kappa shape index (κ1) is 19.8. The monoisotopic (exact) mass is 441 g/mol. The van der Waals surface area contributed by atoms with Gasteiger partial charge in [-0.2, -0.15) is 9.36 Å². The Balaban J connectivity index is 1.30. The minimum atomic E-state index is -1.42. The van der Waals surface area contributed by atoms with Gasteiger partial charge >= 0.3 is 0 Å². The molecule has 0 amide bonds. The highest BCUT2D eigenvalue weighted by Crippen LogP contribution is 2.29. The number of halogens is 2. The maximum absolute atomic E-state index is 15.2. The molecule has 1 N–H and O–H groups in total. The van der Waals surface area contributed by atoms with Crippen LogP contribution in [0.2, 0.25) is 0 Å². The van der Waals surface area contributed by atoms with Gasteiger partial charge in [0, 0.05) is 42.4 Å². The molecule has 1 aliphatic heterocycles. The fraction of sp³-hybridized carbons (Fsp3) is 0.333. The van der Waals surface area contributed by atoms with E-state index in [0.29, 0.717) is 22.7 Å². The van der Waals surface area contributed by atoms with Crippen LogP contribution < -0.4 is 10.2 Å². The van der Waals surface area contributed by atoms with Crippen LogP contribution in [-0.2, 0) is 0 Å². The Labute approximate surface area is 181 Å². The molecule has 3 aromatic heterocycles. The summed E-state index contributed by atoms with van der Waals surface area (Å²) in [5.74, 6) is 0.885. The van der Waals surface area contributed by atoms with E-state index in [9.17, 15) is 4.39 Å². The average molecular weight is 442 g/mol. The summed E-state index contributed by atoms with van der Waals surface area (Å²) in [7, 11) is 0. The molecule has 10 heteroatoms. The van der Waals surface area contributed by atoms with Crippen LogP contribution in [0.4, 0.5) is 19.9 Å². The number of aryl methyl sites for hydroxylation is 1. The lowest BCUT2D eigenvalue weighted by Gasteiger charge is -2.31. The van der Waals surface area contributed by atoms with Crippen LogP contribution in [0.3, 0.4) is 0 Å². The molecule has 0 aliphatic carbocycles. The molecule has 1 aromatic carbocycles. The third kappa shape index (κ3) is 4.07. The SMILES string of the molecule is Cc1nsc(N2CCC(Nc3nc4c(C(F)c5ccc(F)cc5)cccn4n3)CC2)n1. The van der Waals surface area contributed by atoms with Crippen LogP contribution in [0, 0.1) is 12.7 Å². The Morgan fingerprint density at radius 2 is 1.90 bits per heavy atom. The van der Waals surface area contributed by atoms with Gasteiger partial charge in [0.2, 0.25) is 11.1 Å². The molecule has 1 unspecified atom stereocenters. The Morgan fingerprint density at radius 3 is 2.61 bits per heavy atom. The van der Waals surface area contributed by atoms with Gasteiger partial charge < -0.3 is 10.2 Å². The van der Waals surface area contributed by atoms with E-state index in [1.807, 2.05) is 6.92 Å². The molecule has 31 heavy (non-hydrogen) atoms. The van der Waals surface area contributed by atoms with Gasteiger partial charge in [0.25, 0.3) is 0 Å². The minimum Gasteiger partial charge on any atom is -0.350 e. The summed E-state index contributed by atoms with van der Waals surface area (Å²) in [5.41, 5.74) is 1.23. The molecular formula is C21H21F2N7S. The predicted octanol–water partition coefficient (Wildman–Crippen LogP) is 4.17. The molecule has 1 saturated heterocycles. The Kier molecular flexibility index (Phi) is 5.23. The topological polar surface area (TPSA) is 71.2 Å². The van der Waals surface area contributed by atoms with Gasteiger partial charge in [-0.25, -0.2) is 18.3 Å². The molecule has 0 spiro atoms. The summed E-state index contributed by atoms with van der Waals surface area (Å²) in [5, 5.41) is 8.82. The van der Waals surface area contributed by atoms with Crippen molar-refractivity contribution >= 4 is 28.3 Å². The second kappa shape index (κ2) is 8.18. The highest BCUT2D eigenvalue weighted by Gasteiger charge is 2.23. The zero-order valence-corrected chi connectivity index (χ0v) is 17.7. The molecule has 1 fully saturated rings. The van der Waals surface area contributed by atoms with Crippen LogP contribution in [-0.4, -0.2) is 43.1 Å². The zero-order valence-electron chi connectivity index (χ0n) is 16.9. The molecule has 160 valence electrons. The third-order valence-electron chi connectivity index (χ3n) is 5.44. The number of hydrogen-bond acceptors (Lipinski definition) is 7. The Hall–Kier alpha value is -3.14. The zero-order chi connectivity index (χ0) is 21.4. The number of fused-ring (bicyclic) bond motifs is 1. The lowest BCUT2D eigenvalue weighted by atomic mass is 10.0. The van der Waals surface area contributed by atoms with Crippen molar-refractivity contribution in [3.05, 3.63) is 65.4 Å². The third-order valence-corrected chi connectivity index (χ3v) is 6.31. The molecule has 7 nitrogen and oxygen atoms in total. The second-order valence-electron chi connectivity index (χ2n) is 7.61. The number of pyridine rings is 1. The number of nitrogens with one attached hydrogen (secondary N) is 1. The quantitative estimate of drug-likeness (QED) is 0.501. The summed E-state index contributed by atoms with van der Waals surface area (Å²) < 4.78 is 34.2. The largest absolute Gasteiger partial charge is 0.350 e. The fourth-order valence-electron chi connectivity index (χ4n) is 3.81. The van der Waals surface area contributed by atoms with E-state index >= 15 is 4.39 Å². The number of nitrogens with zero attached hydrogens (tertiary/aromatic N) is 6. The first-order chi connectivity index (χ1) is 15.1. The van der Waals surface area contributed by atoms with E-state index in [2.05, 4.69) is 29.7 Å². The maximum atomic E-state index is 15.2. The van der Waals surface area contributed by atoms with Gasteiger partial charge in [-0.3, -0.25) is 0 Å². The van der Waals surface area contributed by atoms with Crippen molar-refractivity contribution in [2.75, 3.05) is 23.3 Å². The van der Waals surface area contributed by atoms with Gasteiger partial charge in [0.1, 0.15) is 11.6 Å². The van der Waals surface area contributed by atoms with Crippen LogP contribution in [0.1, 0.15) is 36.0 Å². The van der Waals surface area contributed by atoms with Crippen molar-refractivity contribution < 1.29 is 8.78 Å². The maximum Gasteiger partial charge on any atom is 0.243 e. The summed E-state index contributed by atoms with van der Waals surface area (Å²) >= 11 is 1.43. The van der Waals surface area contributed by atoms with Crippen molar-refractivity contribution in [2.24, 2.45) is 0 Å². The molecule has 1 atom stereocenters. The van der Waals surface area contributed by atoms with Crippen LogP contribution in [0.25, 0.3) is 5.65 Å². The molecular weight excluding hydrogens is 420 g/mol. The number of hydrogen-bond donors (Lipinski definition) is 1. The molecule has 0 bridgehead atoms. The van der Waals surface area contributed by atoms with E-state index in [-0.39, 0.29) is 6.04 Å². The molecule has 0 radical (unpaired) electrons. The lowest BCUT2D eigenvalue weighted by Crippen LogP contribution is -2.39. The van der Waals surface area contributed by atoms with Crippen molar-refractivity contribution in [1.29, 1.82) is 0 Å². The van der Waals surface area contributed by atoms with Crippen molar-refractivity contribution in [3.8, 4) is 0 Å². The second-order valence-corrected chi connectivity index (χ2v) is 8.34. The summed E-state index contributed by atoms with van der Waals surface area (Å²) in [6, 6.07) is 9.06. The fourth-order valence-corrected chi connectivity index (χ4v) is 4.53. The van der Waals surface area contributed by atoms with Gasteiger partial charge in [0.15, 0.2) is 11.8 Å². The van der Waals surface area contributed by atoms with E-state index in [0.717, 1.165) is 36.9 Å². The lowest BCUT2D eigenvalue weighted by molar-refractivity contribution is 0.402. The number of piperidine rings is 1. The summed E-state index contributed by atoms with van der Waals surface area (Å²) in [6.45, 7) is 3.65. The summed E-state index contributed by atoms with van der Waals surface area (Å²) in [6.07, 6.45) is 2.17. The van der Waals surface area contributed by atoms with Gasteiger partial charge in [-0.05, 0) is 43.5 Å². The van der Waals surface area contributed by atoms with Crippen LogP contribution in [0.15, 0.2) is 42.6 Å². The Bertz CT molecular complexity index is 1180. The first-order valence-electron chi connectivity index (χ1n) is 10.1. The number of anilines is 2. The molecule has 1 aliphatic rings. The molecule has 4 aromatic rings. The van der Waals surface area contributed by atoms with Gasteiger partial charge in [-0.1, -0.05) is 18.2 Å². The van der Waals surface area contributed by atoms with Crippen LogP contribution >= 0.6 is 11.5 Å². The van der Waals surface area contributed by atoms with Crippen LogP contribution in [0.5, 0.6) is 0 Å². The molecule has 0 saturated carbocycles. The number of alkyl halides is 1. The summed E-state index contributed by atoms with van der Waals surface area (Å²) in [4.78, 5) is 11.2. The average Bonchev–Trinajstić information content (AvgIpc) is 3.40. The smallest absolute Gasteiger partial charge is 0.243 e. The molecule has 4 heterocycles. The Morgan fingerprint density at radius 1 is 1.13 bits per heavy atom. The van der Waals surface area contributed by atoms with Gasteiger partial charge in [0.05, 0.1) is 0 Å². The highest BCUT2D eigenvalue weighted by atomic mass is 32.1. The predicted molar refractivity (Wildman–Crippen MR) is 116 cm³/mol. The first-order valence-corrected chi connectivity index (χ1v) is 10.9. The van der Waals surface area contributed by atoms with E-state index in [4.69, 9.17) is 0 Å². The van der Waals surface area contributed by atoms with Crippen molar-refractivity contribution in [3.63, 3.8) is 0 Å². The van der Waals surface area contributed by atoms with Gasteiger partial charge in [-0.15, -0.1) is 5.10 Å². The van der Waals surface area contributed by atoms with E-state index in [1.165, 1.54) is 35.8 Å².